The molecule has 0 aliphatic rings. The summed E-state index contributed by atoms with van der Waals surface area (Å²) < 4.78 is 56.9. The van der Waals surface area contributed by atoms with Crippen LogP contribution in [-0.4, -0.2) is 47.4 Å². The number of amides is 1. The van der Waals surface area contributed by atoms with Crippen LogP contribution < -0.4 is 10.2 Å². The van der Waals surface area contributed by atoms with Crippen molar-refractivity contribution >= 4 is 23.7 Å². The van der Waals surface area contributed by atoms with Gasteiger partial charge in [0.2, 0.25) is 0 Å². The molecule has 40 heavy (non-hydrogen) atoms. The molecule has 0 saturated carbocycles. The SMILES string of the molecule is COC(=O)c1cccc(COc2ccc(-c3cc(F)c(F)cc3F)cc2)c1NN(CC(=O)O)C(=O)OC(C)(C)C. The Morgan fingerprint density at radius 3 is 2.20 bits per heavy atom. The molecule has 1 amide bonds. The van der Waals surface area contributed by atoms with Gasteiger partial charge in [-0.3, -0.25) is 10.2 Å². The third-order valence-corrected chi connectivity index (χ3v) is 5.28. The van der Waals surface area contributed by atoms with Crippen molar-refractivity contribution in [1.82, 2.24) is 5.01 Å². The van der Waals surface area contributed by atoms with Crippen LogP contribution in [0.1, 0.15) is 36.7 Å². The summed E-state index contributed by atoms with van der Waals surface area (Å²) in [5.74, 6) is -5.22. The van der Waals surface area contributed by atoms with E-state index in [-0.39, 0.29) is 29.0 Å². The average molecular weight is 561 g/mol. The van der Waals surface area contributed by atoms with Gasteiger partial charge in [0.25, 0.3) is 0 Å². The number of hydrogen-bond donors (Lipinski definition) is 2. The van der Waals surface area contributed by atoms with Crippen molar-refractivity contribution in [2.24, 2.45) is 0 Å². The predicted molar refractivity (Wildman–Crippen MR) is 138 cm³/mol. The van der Waals surface area contributed by atoms with Crippen LogP contribution in [0.3, 0.4) is 0 Å². The first-order valence-electron chi connectivity index (χ1n) is 11.9. The van der Waals surface area contributed by atoms with Crippen LogP contribution in [0, 0.1) is 17.5 Å². The minimum absolute atomic E-state index is 0.00768. The summed E-state index contributed by atoms with van der Waals surface area (Å²) in [6.45, 7) is 3.86. The summed E-state index contributed by atoms with van der Waals surface area (Å²) in [7, 11) is 1.16. The third-order valence-electron chi connectivity index (χ3n) is 5.28. The first kappa shape index (κ1) is 29.8. The van der Waals surface area contributed by atoms with E-state index in [1.54, 1.807) is 32.9 Å². The molecule has 0 bridgehead atoms. The lowest BCUT2D eigenvalue weighted by molar-refractivity contribution is -0.137. The Morgan fingerprint density at radius 1 is 0.950 bits per heavy atom. The second kappa shape index (κ2) is 12.4. The Bertz CT molecular complexity index is 1410. The fraction of sp³-hybridized carbons (Fsp3) is 0.250. The molecular formula is C28H27F3N2O7. The van der Waals surface area contributed by atoms with E-state index >= 15 is 0 Å². The number of carbonyl (C=O) groups excluding carboxylic acids is 2. The molecular weight excluding hydrogens is 533 g/mol. The summed E-state index contributed by atoms with van der Waals surface area (Å²) in [5.41, 5.74) is 2.25. The molecule has 0 aliphatic heterocycles. The molecule has 9 nitrogen and oxygen atoms in total. The summed E-state index contributed by atoms with van der Waals surface area (Å²) in [4.78, 5) is 36.6. The molecule has 0 aromatic heterocycles. The zero-order valence-electron chi connectivity index (χ0n) is 22.1. The molecule has 3 aromatic carbocycles. The molecule has 0 unspecified atom stereocenters. The highest BCUT2D eigenvalue weighted by Gasteiger charge is 2.27. The highest BCUT2D eigenvalue weighted by molar-refractivity contribution is 5.96. The molecule has 3 rings (SSSR count). The summed E-state index contributed by atoms with van der Waals surface area (Å²) >= 11 is 0. The monoisotopic (exact) mass is 560 g/mol. The Kier molecular flexibility index (Phi) is 9.25. The molecule has 3 aromatic rings. The van der Waals surface area contributed by atoms with E-state index < -0.39 is 47.6 Å². The van der Waals surface area contributed by atoms with Gasteiger partial charge in [-0.05, 0) is 50.6 Å². The molecule has 0 saturated heterocycles. The Balaban J connectivity index is 1.89. The highest BCUT2D eigenvalue weighted by atomic mass is 19.2. The topological polar surface area (TPSA) is 114 Å². The van der Waals surface area contributed by atoms with E-state index in [2.05, 4.69) is 5.43 Å². The largest absolute Gasteiger partial charge is 0.489 e. The Labute approximate surface area is 228 Å². The number of carboxylic acids is 1. The van der Waals surface area contributed by atoms with Crippen LogP contribution >= 0.6 is 0 Å². The van der Waals surface area contributed by atoms with Crippen LogP contribution in [-0.2, 0) is 20.9 Å². The maximum absolute atomic E-state index is 14.1. The smallest absolute Gasteiger partial charge is 0.429 e. The molecule has 0 fully saturated rings. The standard InChI is InChI=1S/C28H27F3N2O7/c1-28(2,3)40-27(37)33(14-24(34)35)32-25-17(6-5-7-19(25)26(36)38-4)15-39-18-10-8-16(9-11-18)20-12-22(30)23(31)13-21(20)29/h5-13,32H,14-15H2,1-4H3,(H,34,35). The fourth-order valence-electron chi connectivity index (χ4n) is 3.51. The molecule has 2 N–H and O–H groups in total. The normalized spacial score (nSPS) is 11.0. The number of esters is 1. The van der Waals surface area contributed by atoms with E-state index in [0.29, 0.717) is 22.4 Å². The summed E-state index contributed by atoms with van der Waals surface area (Å²) in [6.07, 6.45) is -0.999. The minimum atomic E-state index is -1.34. The zero-order valence-corrected chi connectivity index (χ0v) is 22.1. The minimum Gasteiger partial charge on any atom is -0.489 e. The number of benzene rings is 3. The first-order valence-corrected chi connectivity index (χ1v) is 11.9. The number of rotatable bonds is 9. The van der Waals surface area contributed by atoms with E-state index in [1.165, 1.54) is 30.3 Å². The van der Waals surface area contributed by atoms with Gasteiger partial charge in [-0.15, -0.1) is 0 Å². The number of carbonyl (C=O) groups is 3. The zero-order chi connectivity index (χ0) is 29.6. The molecule has 212 valence electrons. The van der Waals surface area contributed by atoms with E-state index in [1.807, 2.05) is 0 Å². The van der Waals surface area contributed by atoms with Crippen molar-refractivity contribution in [1.29, 1.82) is 0 Å². The van der Waals surface area contributed by atoms with Gasteiger partial charge in [0.05, 0.1) is 18.4 Å². The number of para-hydroxylation sites is 1. The number of hydrogen-bond acceptors (Lipinski definition) is 7. The van der Waals surface area contributed by atoms with Crippen LogP contribution in [0.25, 0.3) is 11.1 Å². The van der Waals surface area contributed by atoms with Crippen LogP contribution in [0.2, 0.25) is 0 Å². The second-order valence-corrected chi connectivity index (χ2v) is 9.46. The number of nitrogens with zero attached hydrogens (tertiary/aromatic N) is 1. The molecule has 0 radical (unpaired) electrons. The summed E-state index contributed by atoms with van der Waals surface area (Å²) in [6, 6.07) is 11.6. The van der Waals surface area contributed by atoms with Crippen molar-refractivity contribution < 1.29 is 46.9 Å². The van der Waals surface area contributed by atoms with Gasteiger partial charge in [-0.2, -0.15) is 0 Å². The number of halogens is 3. The van der Waals surface area contributed by atoms with Crippen molar-refractivity contribution in [3.05, 3.63) is 83.2 Å². The number of aliphatic carboxylic acids is 1. The fourth-order valence-corrected chi connectivity index (χ4v) is 3.51. The number of carboxylic acid groups (broad SMARTS) is 1. The first-order chi connectivity index (χ1) is 18.8. The lowest BCUT2D eigenvalue weighted by atomic mass is 10.0. The average Bonchev–Trinajstić information content (AvgIpc) is 2.88. The van der Waals surface area contributed by atoms with Crippen molar-refractivity contribution in [3.8, 4) is 16.9 Å². The Hall–Kier alpha value is -4.74. The predicted octanol–water partition coefficient (Wildman–Crippen LogP) is 5.79. The Morgan fingerprint density at radius 2 is 1.60 bits per heavy atom. The molecule has 0 aliphatic carbocycles. The van der Waals surface area contributed by atoms with Crippen molar-refractivity contribution in [2.75, 3.05) is 19.1 Å². The van der Waals surface area contributed by atoms with Crippen molar-refractivity contribution in [3.63, 3.8) is 0 Å². The molecule has 0 atom stereocenters. The number of nitrogens with one attached hydrogen (secondary N) is 1. The van der Waals surface area contributed by atoms with E-state index in [0.717, 1.165) is 13.2 Å². The van der Waals surface area contributed by atoms with E-state index in [4.69, 9.17) is 14.2 Å². The molecule has 0 heterocycles. The van der Waals surface area contributed by atoms with Gasteiger partial charge in [0, 0.05) is 17.2 Å². The number of methoxy groups -OCH3 is 1. The second-order valence-electron chi connectivity index (χ2n) is 9.46. The molecule has 0 spiro atoms. The van der Waals surface area contributed by atoms with E-state index in [9.17, 15) is 32.7 Å². The van der Waals surface area contributed by atoms with Gasteiger partial charge in [-0.1, -0.05) is 24.3 Å². The van der Waals surface area contributed by atoms with Crippen LogP contribution in [0.15, 0.2) is 54.6 Å². The van der Waals surface area contributed by atoms with Gasteiger partial charge in [0.15, 0.2) is 11.6 Å². The summed E-state index contributed by atoms with van der Waals surface area (Å²) in [5, 5.41) is 10.0. The maximum Gasteiger partial charge on any atom is 0.429 e. The van der Waals surface area contributed by atoms with Gasteiger partial charge in [0.1, 0.15) is 30.3 Å². The maximum atomic E-state index is 14.1. The highest BCUT2D eigenvalue weighted by Crippen LogP contribution is 2.29. The lowest BCUT2D eigenvalue weighted by Gasteiger charge is -2.28. The van der Waals surface area contributed by atoms with Gasteiger partial charge < -0.3 is 19.3 Å². The van der Waals surface area contributed by atoms with Crippen molar-refractivity contribution in [2.45, 2.75) is 33.0 Å². The number of anilines is 1. The quantitative estimate of drug-likeness (QED) is 0.192. The number of hydrazine groups is 1. The van der Waals surface area contributed by atoms with Gasteiger partial charge in [-0.25, -0.2) is 27.8 Å². The number of ether oxygens (including phenoxy) is 3. The van der Waals surface area contributed by atoms with Crippen LogP contribution in [0.4, 0.5) is 23.7 Å². The molecule has 12 heteroatoms. The van der Waals surface area contributed by atoms with Gasteiger partial charge >= 0.3 is 18.0 Å². The van der Waals surface area contributed by atoms with Crippen LogP contribution in [0.5, 0.6) is 5.75 Å². The third kappa shape index (κ3) is 7.65. The lowest BCUT2D eigenvalue weighted by Crippen LogP contribution is -2.43.